The standard InChI is InChI=1S/C20H24Cl2N2O2/c1-14(2)26-18-7-5-17(6-8-18)23-12-10-20(25)24-11-9-15-3-4-16(21)13-19(15)22/h3-8,13-14,23H,9-12H2,1-2H3,(H,24,25). The largest absolute Gasteiger partial charge is 0.491 e. The van der Waals surface area contributed by atoms with Crippen LogP contribution in [0.5, 0.6) is 5.75 Å². The molecule has 0 atom stereocenters. The van der Waals surface area contributed by atoms with Crippen LogP contribution in [0.15, 0.2) is 42.5 Å². The van der Waals surface area contributed by atoms with Crippen LogP contribution < -0.4 is 15.4 Å². The Bertz CT molecular complexity index is 718. The van der Waals surface area contributed by atoms with Gasteiger partial charge in [0.15, 0.2) is 0 Å². The molecule has 0 aromatic heterocycles. The van der Waals surface area contributed by atoms with Gasteiger partial charge in [-0.25, -0.2) is 0 Å². The Morgan fingerprint density at radius 1 is 1.08 bits per heavy atom. The molecule has 26 heavy (non-hydrogen) atoms. The number of rotatable bonds is 9. The second-order valence-electron chi connectivity index (χ2n) is 6.20. The first kappa shape index (κ1) is 20.4. The van der Waals surface area contributed by atoms with Gasteiger partial charge in [-0.05, 0) is 62.2 Å². The van der Waals surface area contributed by atoms with Crippen LogP contribution in [-0.2, 0) is 11.2 Å². The van der Waals surface area contributed by atoms with Gasteiger partial charge >= 0.3 is 0 Å². The summed E-state index contributed by atoms with van der Waals surface area (Å²) in [5.41, 5.74) is 1.93. The topological polar surface area (TPSA) is 50.4 Å². The molecule has 0 saturated carbocycles. The van der Waals surface area contributed by atoms with Crippen LogP contribution in [0.3, 0.4) is 0 Å². The minimum Gasteiger partial charge on any atom is -0.491 e. The summed E-state index contributed by atoms with van der Waals surface area (Å²) in [5.74, 6) is 0.839. The van der Waals surface area contributed by atoms with Crippen LogP contribution in [0, 0.1) is 0 Å². The summed E-state index contributed by atoms with van der Waals surface area (Å²) < 4.78 is 5.60. The van der Waals surface area contributed by atoms with Gasteiger partial charge in [-0.15, -0.1) is 0 Å². The highest BCUT2D eigenvalue weighted by molar-refractivity contribution is 6.35. The van der Waals surface area contributed by atoms with Gasteiger partial charge in [0, 0.05) is 35.2 Å². The average Bonchev–Trinajstić information content (AvgIpc) is 2.58. The van der Waals surface area contributed by atoms with Crippen LogP contribution >= 0.6 is 23.2 Å². The summed E-state index contributed by atoms with van der Waals surface area (Å²) in [6, 6.07) is 13.1. The zero-order chi connectivity index (χ0) is 18.9. The molecule has 0 aliphatic carbocycles. The third-order valence-electron chi connectivity index (χ3n) is 3.64. The molecule has 2 N–H and O–H groups in total. The number of benzene rings is 2. The highest BCUT2D eigenvalue weighted by Crippen LogP contribution is 2.21. The molecule has 2 aromatic carbocycles. The lowest BCUT2D eigenvalue weighted by molar-refractivity contribution is -0.120. The number of carbonyl (C=O) groups excluding carboxylic acids is 1. The van der Waals surface area contributed by atoms with E-state index in [2.05, 4.69) is 10.6 Å². The summed E-state index contributed by atoms with van der Waals surface area (Å²) in [5, 5.41) is 7.36. The molecule has 0 bridgehead atoms. The van der Waals surface area contributed by atoms with Crippen molar-refractivity contribution in [1.29, 1.82) is 0 Å². The molecule has 1 amide bonds. The summed E-state index contributed by atoms with van der Waals surface area (Å²) in [6.45, 7) is 5.09. The summed E-state index contributed by atoms with van der Waals surface area (Å²) in [7, 11) is 0. The van der Waals surface area contributed by atoms with Gasteiger partial charge in [-0.3, -0.25) is 4.79 Å². The maximum absolute atomic E-state index is 11.9. The summed E-state index contributed by atoms with van der Waals surface area (Å²) >= 11 is 12.0. The van der Waals surface area contributed by atoms with Gasteiger partial charge in [-0.2, -0.15) is 0 Å². The van der Waals surface area contributed by atoms with E-state index in [1.54, 1.807) is 12.1 Å². The normalized spacial score (nSPS) is 10.7. The molecule has 0 unspecified atom stereocenters. The van der Waals surface area contributed by atoms with E-state index in [4.69, 9.17) is 27.9 Å². The van der Waals surface area contributed by atoms with E-state index in [1.165, 1.54) is 0 Å². The van der Waals surface area contributed by atoms with E-state index in [0.717, 1.165) is 17.0 Å². The Morgan fingerprint density at radius 3 is 2.46 bits per heavy atom. The van der Waals surface area contributed by atoms with Crippen LogP contribution in [0.1, 0.15) is 25.8 Å². The minimum atomic E-state index is 0.00217. The molecule has 0 aliphatic rings. The number of nitrogens with one attached hydrogen (secondary N) is 2. The van der Waals surface area contributed by atoms with Gasteiger partial charge in [0.2, 0.25) is 5.91 Å². The van der Waals surface area contributed by atoms with E-state index in [0.29, 0.717) is 36.0 Å². The lowest BCUT2D eigenvalue weighted by Crippen LogP contribution is -2.27. The zero-order valence-electron chi connectivity index (χ0n) is 15.0. The molecular weight excluding hydrogens is 371 g/mol. The van der Waals surface area contributed by atoms with Crippen LogP contribution in [0.2, 0.25) is 10.0 Å². The van der Waals surface area contributed by atoms with Crippen LogP contribution in [0.25, 0.3) is 0 Å². The number of hydrogen-bond donors (Lipinski definition) is 2. The van der Waals surface area contributed by atoms with E-state index in [1.807, 2.05) is 44.2 Å². The van der Waals surface area contributed by atoms with Gasteiger partial charge in [0.1, 0.15) is 5.75 Å². The minimum absolute atomic E-state index is 0.00217. The number of ether oxygens (including phenoxy) is 1. The Morgan fingerprint density at radius 2 is 1.81 bits per heavy atom. The average molecular weight is 395 g/mol. The molecule has 6 heteroatoms. The Labute approximate surface area is 164 Å². The predicted octanol–water partition coefficient (Wildman–Crippen LogP) is 4.94. The first-order valence-electron chi connectivity index (χ1n) is 8.65. The first-order chi connectivity index (χ1) is 12.4. The fourth-order valence-corrected chi connectivity index (χ4v) is 2.90. The lowest BCUT2D eigenvalue weighted by Gasteiger charge is -2.11. The van der Waals surface area contributed by atoms with E-state index in [9.17, 15) is 4.79 Å². The summed E-state index contributed by atoms with van der Waals surface area (Å²) in [4.78, 5) is 11.9. The molecule has 0 saturated heterocycles. The van der Waals surface area contributed by atoms with Crippen molar-refractivity contribution >= 4 is 34.8 Å². The van der Waals surface area contributed by atoms with Crippen molar-refractivity contribution in [2.24, 2.45) is 0 Å². The maximum atomic E-state index is 11.9. The number of amides is 1. The number of halogens is 2. The van der Waals surface area contributed by atoms with Crippen molar-refractivity contribution in [3.63, 3.8) is 0 Å². The number of hydrogen-bond acceptors (Lipinski definition) is 3. The van der Waals surface area contributed by atoms with Crippen molar-refractivity contribution in [2.45, 2.75) is 32.8 Å². The highest BCUT2D eigenvalue weighted by atomic mass is 35.5. The third kappa shape index (κ3) is 7.14. The molecule has 4 nitrogen and oxygen atoms in total. The van der Waals surface area contributed by atoms with Gasteiger partial charge in [0.25, 0.3) is 0 Å². The second-order valence-corrected chi connectivity index (χ2v) is 7.05. The van der Waals surface area contributed by atoms with Crippen LogP contribution in [0.4, 0.5) is 5.69 Å². The smallest absolute Gasteiger partial charge is 0.221 e. The fourth-order valence-electron chi connectivity index (χ4n) is 2.39. The van der Waals surface area contributed by atoms with Crippen molar-refractivity contribution < 1.29 is 9.53 Å². The number of carbonyl (C=O) groups is 1. The molecule has 0 aliphatic heterocycles. The van der Waals surface area contributed by atoms with E-state index in [-0.39, 0.29) is 12.0 Å². The molecule has 2 aromatic rings. The van der Waals surface area contributed by atoms with E-state index < -0.39 is 0 Å². The molecule has 0 radical (unpaired) electrons. The first-order valence-corrected chi connectivity index (χ1v) is 9.41. The van der Waals surface area contributed by atoms with Gasteiger partial charge in [-0.1, -0.05) is 29.3 Å². The Hall–Kier alpha value is -1.91. The van der Waals surface area contributed by atoms with Crippen molar-refractivity contribution in [1.82, 2.24) is 5.32 Å². The SMILES string of the molecule is CC(C)Oc1ccc(NCCC(=O)NCCc2ccc(Cl)cc2Cl)cc1. The Balaban J connectivity index is 1.65. The third-order valence-corrected chi connectivity index (χ3v) is 4.23. The second kappa shape index (κ2) is 10.3. The predicted molar refractivity (Wildman–Crippen MR) is 108 cm³/mol. The fraction of sp³-hybridized carbons (Fsp3) is 0.350. The van der Waals surface area contributed by atoms with Crippen molar-refractivity contribution in [3.05, 3.63) is 58.1 Å². The van der Waals surface area contributed by atoms with Gasteiger partial charge < -0.3 is 15.4 Å². The van der Waals surface area contributed by atoms with Crippen molar-refractivity contribution in [2.75, 3.05) is 18.4 Å². The van der Waals surface area contributed by atoms with Crippen LogP contribution in [-0.4, -0.2) is 25.1 Å². The monoisotopic (exact) mass is 394 g/mol. The van der Waals surface area contributed by atoms with Crippen molar-refractivity contribution in [3.8, 4) is 5.75 Å². The molecule has 2 rings (SSSR count). The summed E-state index contributed by atoms with van der Waals surface area (Å²) in [6.07, 6.45) is 1.23. The van der Waals surface area contributed by atoms with Gasteiger partial charge in [0.05, 0.1) is 6.10 Å². The Kier molecular flexibility index (Phi) is 8.07. The highest BCUT2D eigenvalue weighted by Gasteiger charge is 2.04. The van der Waals surface area contributed by atoms with E-state index >= 15 is 0 Å². The quantitative estimate of drug-likeness (QED) is 0.632. The molecule has 0 heterocycles. The lowest BCUT2D eigenvalue weighted by atomic mass is 10.1. The molecular formula is C20H24Cl2N2O2. The number of anilines is 1. The molecule has 0 spiro atoms. The zero-order valence-corrected chi connectivity index (χ0v) is 16.5. The molecule has 0 fully saturated rings. The molecule has 140 valence electrons. The maximum Gasteiger partial charge on any atom is 0.221 e.